The summed E-state index contributed by atoms with van der Waals surface area (Å²) in [4.78, 5) is 0. The highest BCUT2D eigenvalue weighted by atomic mass is 28.3. The fourth-order valence-corrected chi connectivity index (χ4v) is 11.0. The minimum absolute atomic E-state index is 0.289. The summed E-state index contributed by atoms with van der Waals surface area (Å²) in [6.07, 6.45) is 16.8. The van der Waals surface area contributed by atoms with Crippen molar-refractivity contribution in [2.45, 2.75) is 127 Å². The van der Waals surface area contributed by atoms with Crippen LogP contribution in [0.3, 0.4) is 0 Å². The topological polar surface area (TPSA) is 20.2 Å². The second-order valence-electron chi connectivity index (χ2n) is 12.3. The van der Waals surface area contributed by atoms with Crippen LogP contribution in [-0.2, 0) is 0 Å². The first kappa shape index (κ1) is 27.8. The van der Waals surface area contributed by atoms with Crippen LogP contribution >= 0.6 is 0 Å². The van der Waals surface area contributed by atoms with Crippen LogP contribution in [0.25, 0.3) is 0 Å². The maximum absolute atomic E-state index is 13.6. The number of benzene rings is 1. The van der Waals surface area contributed by atoms with E-state index in [1.54, 1.807) is 24.2 Å². The SMILES string of the molecule is CCCCC[SiH]1CCC(C2CCC(CC(O)C#CC3CCC(c4ccc(F)c(F)c4)CC3)CC2)CC1. The first-order valence-electron chi connectivity index (χ1n) is 15.2. The van der Waals surface area contributed by atoms with Crippen LogP contribution in [0.2, 0.25) is 18.1 Å². The summed E-state index contributed by atoms with van der Waals surface area (Å²) < 4.78 is 26.8. The molecule has 36 heavy (non-hydrogen) atoms. The average molecular weight is 515 g/mol. The molecule has 200 valence electrons. The second kappa shape index (κ2) is 14.1. The fraction of sp³-hybridized carbons (Fsp3) is 0.750. The summed E-state index contributed by atoms with van der Waals surface area (Å²) in [6, 6.07) is 9.11. The molecule has 0 spiro atoms. The van der Waals surface area contributed by atoms with E-state index in [9.17, 15) is 13.9 Å². The van der Waals surface area contributed by atoms with Crippen LogP contribution in [-0.4, -0.2) is 20.0 Å². The van der Waals surface area contributed by atoms with E-state index in [4.69, 9.17) is 0 Å². The lowest BCUT2D eigenvalue weighted by Crippen LogP contribution is -2.29. The molecule has 1 nitrogen and oxygen atoms in total. The van der Waals surface area contributed by atoms with Crippen molar-refractivity contribution in [3.63, 3.8) is 0 Å². The number of aliphatic hydroxyl groups excluding tert-OH is 1. The molecule has 4 rings (SSSR count). The minimum atomic E-state index is -0.775. The minimum Gasteiger partial charge on any atom is -0.380 e. The summed E-state index contributed by atoms with van der Waals surface area (Å²) in [5, 5.41) is 10.6. The zero-order chi connectivity index (χ0) is 25.3. The molecule has 1 heterocycles. The molecule has 0 radical (unpaired) electrons. The van der Waals surface area contributed by atoms with E-state index in [1.807, 2.05) is 0 Å². The van der Waals surface area contributed by atoms with Crippen LogP contribution in [0.15, 0.2) is 18.2 Å². The maximum Gasteiger partial charge on any atom is 0.159 e. The third-order valence-electron chi connectivity index (χ3n) is 9.82. The van der Waals surface area contributed by atoms with E-state index in [0.717, 1.165) is 49.5 Å². The van der Waals surface area contributed by atoms with E-state index in [0.29, 0.717) is 11.8 Å². The summed E-state index contributed by atoms with van der Waals surface area (Å²) >= 11 is 0. The molecule has 1 N–H and O–H groups in total. The molecular formula is C32H48F2OSi. The molecule has 4 heteroatoms. The Labute approximate surface area is 220 Å². The Hall–Kier alpha value is -1.18. The van der Waals surface area contributed by atoms with Crippen LogP contribution in [0.4, 0.5) is 8.78 Å². The molecule has 1 saturated heterocycles. The van der Waals surface area contributed by atoms with Crippen LogP contribution in [0, 0.1) is 47.1 Å². The number of aliphatic hydroxyl groups is 1. The normalized spacial score (nSPS) is 31.9. The third kappa shape index (κ3) is 8.16. The molecule has 1 aliphatic heterocycles. The number of halogens is 2. The Bertz CT molecular complexity index is 853. The zero-order valence-electron chi connectivity index (χ0n) is 22.5. The van der Waals surface area contributed by atoms with Crippen LogP contribution in [0.1, 0.15) is 108 Å². The number of hydrogen-bond acceptors (Lipinski definition) is 1. The van der Waals surface area contributed by atoms with Crippen molar-refractivity contribution in [1.29, 1.82) is 0 Å². The van der Waals surface area contributed by atoms with E-state index in [1.165, 1.54) is 69.9 Å². The first-order chi connectivity index (χ1) is 17.5. The lowest BCUT2D eigenvalue weighted by atomic mass is 9.73. The van der Waals surface area contributed by atoms with E-state index in [2.05, 4.69) is 18.8 Å². The average Bonchev–Trinajstić information content (AvgIpc) is 2.90. The zero-order valence-corrected chi connectivity index (χ0v) is 23.7. The van der Waals surface area contributed by atoms with Gasteiger partial charge >= 0.3 is 0 Å². The maximum atomic E-state index is 13.6. The van der Waals surface area contributed by atoms with Gasteiger partial charge in [0.2, 0.25) is 0 Å². The highest BCUT2D eigenvalue weighted by molar-refractivity contribution is 6.58. The monoisotopic (exact) mass is 514 g/mol. The van der Waals surface area contributed by atoms with Gasteiger partial charge in [-0.2, -0.15) is 0 Å². The van der Waals surface area contributed by atoms with Crippen LogP contribution < -0.4 is 0 Å². The van der Waals surface area contributed by atoms with Crippen molar-refractivity contribution in [1.82, 2.24) is 0 Å². The molecule has 1 unspecified atom stereocenters. The van der Waals surface area contributed by atoms with Crippen molar-refractivity contribution >= 4 is 8.80 Å². The molecule has 2 saturated carbocycles. The van der Waals surface area contributed by atoms with Gasteiger partial charge in [0.25, 0.3) is 0 Å². The Morgan fingerprint density at radius 1 is 0.889 bits per heavy atom. The van der Waals surface area contributed by atoms with E-state index in [-0.39, 0.29) is 5.92 Å². The largest absolute Gasteiger partial charge is 0.380 e. The second-order valence-corrected chi connectivity index (χ2v) is 15.8. The standard InChI is InChI=1S/C32H48F2OSi/c1-2-3-4-19-36-20-17-28(18-21-36)26-12-7-25(8-13-26)22-30(35)15-9-24-5-10-27(11-6-24)29-14-16-31(33)32(34)23-29/h14,16,23-28,30,35-36H,2-8,10-13,17-22H2,1H3. The molecule has 0 bridgehead atoms. The number of unbranched alkanes of at least 4 members (excludes halogenated alkanes) is 2. The molecule has 1 atom stereocenters. The van der Waals surface area contributed by atoms with Gasteiger partial charge in [0, 0.05) is 14.7 Å². The summed E-state index contributed by atoms with van der Waals surface area (Å²) in [7, 11) is -0.404. The number of hydrogen-bond donors (Lipinski definition) is 1. The molecule has 1 aromatic rings. The van der Waals surface area contributed by atoms with Gasteiger partial charge in [0.05, 0.1) is 0 Å². The van der Waals surface area contributed by atoms with Gasteiger partial charge in [0.1, 0.15) is 6.10 Å². The summed E-state index contributed by atoms with van der Waals surface area (Å²) in [5.41, 5.74) is 0.901. The Kier molecular flexibility index (Phi) is 10.9. The van der Waals surface area contributed by atoms with Gasteiger partial charge in [-0.05, 0) is 86.3 Å². The smallest absolute Gasteiger partial charge is 0.159 e. The van der Waals surface area contributed by atoms with Crippen LogP contribution in [0.5, 0.6) is 0 Å². The van der Waals surface area contributed by atoms with E-state index < -0.39 is 26.5 Å². The molecule has 0 aromatic heterocycles. The lowest BCUT2D eigenvalue weighted by molar-refractivity contribution is 0.142. The lowest BCUT2D eigenvalue weighted by Gasteiger charge is -2.37. The first-order valence-corrected chi connectivity index (χ1v) is 17.6. The quantitative estimate of drug-likeness (QED) is 0.209. The van der Waals surface area contributed by atoms with E-state index >= 15 is 0 Å². The van der Waals surface area contributed by atoms with Crippen molar-refractivity contribution in [2.75, 3.05) is 0 Å². The molecule has 3 fully saturated rings. The van der Waals surface area contributed by atoms with Gasteiger partial charge in [-0.25, -0.2) is 8.78 Å². The van der Waals surface area contributed by atoms with Crippen molar-refractivity contribution in [2.24, 2.45) is 23.7 Å². The van der Waals surface area contributed by atoms with Crippen molar-refractivity contribution < 1.29 is 13.9 Å². The van der Waals surface area contributed by atoms with Gasteiger partial charge in [-0.3, -0.25) is 0 Å². The summed E-state index contributed by atoms with van der Waals surface area (Å²) in [6.45, 7) is 2.31. The third-order valence-corrected chi connectivity index (χ3v) is 13.3. The van der Waals surface area contributed by atoms with Gasteiger partial charge in [0.15, 0.2) is 11.6 Å². The van der Waals surface area contributed by atoms with Gasteiger partial charge in [-0.15, -0.1) is 0 Å². The van der Waals surface area contributed by atoms with Crippen molar-refractivity contribution in [3.05, 3.63) is 35.4 Å². The predicted octanol–water partition coefficient (Wildman–Crippen LogP) is 8.63. The highest BCUT2D eigenvalue weighted by Crippen LogP contribution is 2.42. The molecule has 0 amide bonds. The fourth-order valence-electron chi connectivity index (χ4n) is 7.45. The predicted molar refractivity (Wildman–Crippen MR) is 149 cm³/mol. The number of rotatable bonds is 8. The van der Waals surface area contributed by atoms with Crippen molar-refractivity contribution in [3.8, 4) is 11.8 Å². The van der Waals surface area contributed by atoms with Gasteiger partial charge in [-0.1, -0.05) is 87.9 Å². The Balaban J connectivity index is 1.12. The molecule has 2 aliphatic carbocycles. The molecular weight excluding hydrogens is 466 g/mol. The molecule has 3 aliphatic rings. The van der Waals surface area contributed by atoms with Gasteiger partial charge < -0.3 is 5.11 Å². The Morgan fingerprint density at radius 3 is 2.25 bits per heavy atom. The molecule has 1 aromatic carbocycles. The Morgan fingerprint density at radius 2 is 1.58 bits per heavy atom. The summed E-state index contributed by atoms with van der Waals surface area (Å²) in [5.74, 6) is 8.18. The highest BCUT2D eigenvalue weighted by Gasteiger charge is 2.31.